The monoisotopic (exact) mass is 306 g/mol. The highest BCUT2D eigenvalue weighted by Gasteiger charge is 2.28. The van der Waals surface area contributed by atoms with Crippen LogP contribution in [0.15, 0.2) is 6.20 Å². The van der Waals surface area contributed by atoms with Gasteiger partial charge in [-0.1, -0.05) is 0 Å². The van der Waals surface area contributed by atoms with Gasteiger partial charge >= 0.3 is 0 Å². The van der Waals surface area contributed by atoms with E-state index in [-0.39, 0.29) is 11.8 Å². The predicted molar refractivity (Wildman–Crippen MR) is 78.8 cm³/mol. The molecular weight excluding hydrogens is 288 g/mol. The Kier molecular flexibility index (Phi) is 4.36. The van der Waals surface area contributed by atoms with Crippen molar-refractivity contribution in [1.29, 1.82) is 5.26 Å². The SMILES string of the molecule is N#CN1CC[C@H](C(=O)Nc2ncc(C3CCOCC3)s2)C1. The number of hydrogen-bond acceptors (Lipinski definition) is 6. The normalized spacial score (nSPS) is 23.0. The summed E-state index contributed by atoms with van der Waals surface area (Å²) in [5.41, 5.74) is 0. The van der Waals surface area contributed by atoms with Crippen molar-refractivity contribution in [2.75, 3.05) is 31.6 Å². The van der Waals surface area contributed by atoms with E-state index < -0.39 is 0 Å². The number of rotatable bonds is 3. The standard InChI is InChI=1S/C14H18N4O2S/c15-9-18-4-1-11(8-18)13(19)17-14-16-7-12(21-14)10-2-5-20-6-3-10/h7,10-11H,1-6,8H2,(H,16,17,19)/t11-/m0/s1. The lowest BCUT2D eigenvalue weighted by molar-refractivity contribution is -0.119. The van der Waals surface area contributed by atoms with Crippen molar-refractivity contribution in [2.24, 2.45) is 5.92 Å². The van der Waals surface area contributed by atoms with Crippen molar-refractivity contribution >= 4 is 22.4 Å². The van der Waals surface area contributed by atoms with Gasteiger partial charge in [0.1, 0.15) is 0 Å². The van der Waals surface area contributed by atoms with E-state index >= 15 is 0 Å². The highest BCUT2D eigenvalue weighted by molar-refractivity contribution is 7.15. The van der Waals surface area contributed by atoms with E-state index in [9.17, 15) is 4.79 Å². The fourth-order valence-corrected chi connectivity index (χ4v) is 3.78. The molecule has 0 radical (unpaired) electrons. The number of anilines is 1. The van der Waals surface area contributed by atoms with E-state index in [0.29, 0.717) is 24.1 Å². The van der Waals surface area contributed by atoms with Crippen molar-refractivity contribution in [3.63, 3.8) is 0 Å². The molecule has 0 bridgehead atoms. The summed E-state index contributed by atoms with van der Waals surface area (Å²) in [6, 6.07) is 0. The highest BCUT2D eigenvalue weighted by Crippen LogP contribution is 2.33. The first-order valence-electron chi connectivity index (χ1n) is 7.25. The Morgan fingerprint density at radius 2 is 2.29 bits per heavy atom. The van der Waals surface area contributed by atoms with Crippen molar-refractivity contribution in [3.8, 4) is 6.19 Å². The molecule has 6 nitrogen and oxygen atoms in total. The maximum Gasteiger partial charge on any atom is 0.231 e. The van der Waals surface area contributed by atoms with Crippen molar-refractivity contribution in [2.45, 2.75) is 25.2 Å². The van der Waals surface area contributed by atoms with Crippen molar-refractivity contribution in [3.05, 3.63) is 11.1 Å². The third-order valence-corrected chi connectivity index (χ3v) is 5.15. The molecule has 112 valence electrons. The molecule has 7 heteroatoms. The van der Waals surface area contributed by atoms with Gasteiger partial charge < -0.3 is 15.0 Å². The Labute approximate surface area is 127 Å². The van der Waals surface area contributed by atoms with Crippen LogP contribution in [0.2, 0.25) is 0 Å². The van der Waals surface area contributed by atoms with E-state index in [1.165, 1.54) is 4.88 Å². The van der Waals surface area contributed by atoms with Crippen molar-refractivity contribution in [1.82, 2.24) is 9.88 Å². The minimum Gasteiger partial charge on any atom is -0.381 e. The van der Waals surface area contributed by atoms with Crippen LogP contribution in [0.25, 0.3) is 0 Å². The molecule has 2 aliphatic rings. The summed E-state index contributed by atoms with van der Waals surface area (Å²) < 4.78 is 5.36. The molecule has 2 saturated heterocycles. The first-order valence-corrected chi connectivity index (χ1v) is 8.07. The van der Waals surface area contributed by atoms with Crippen LogP contribution < -0.4 is 5.32 Å². The number of likely N-dealkylation sites (tertiary alicyclic amines) is 1. The molecule has 21 heavy (non-hydrogen) atoms. The van der Waals surface area contributed by atoms with E-state index in [4.69, 9.17) is 10.00 Å². The molecule has 0 aromatic carbocycles. The fraction of sp³-hybridized carbons (Fsp3) is 0.643. The lowest BCUT2D eigenvalue weighted by Crippen LogP contribution is -2.25. The largest absolute Gasteiger partial charge is 0.381 e. The second-order valence-corrected chi connectivity index (χ2v) is 6.54. The average molecular weight is 306 g/mol. The van der Waals surface area contributed by atoms with Gasteiger partial charge in [-0.25, -0.2) is 4.98 Å². The van der Waals surface area contributed by atoms with Crippen LogP contribution in [0.4, 0.5) is 5.13 Å². The second-order valence-electron chi connectivity index (χ2n) is 5.48. The maximum absolute atomic E-state index is 12.2. The number of aromatic nitrogens is 1. The number of carbonyl (C=O) groups excluding carboxylic acids is 1. The van der Waals surface area contributed by atoms with Crippen LogP contribution in [0.1, 0.15) is 30.1 Å². The molecule has 3 heterocycles. The number of ether oxygens (including phenoxy) is 1. The number of nitrogens with one attached hydrogen (secondary N) is 1. The summed E-state index contributed by atoms with van der Waals surface area (Å²) in [6.07, 6.45) is 6.74. The fourth-order valence-electron chi connectivity index (χ4n) is 2.79. The van der Waals surface area contributed by atoms with Crippen LogP contribution in [-0.4, -0.2) is 42.1 Å². The number of nitrogens with zero attached hydrogens (tertiary/aromatic N) is 3. The summed E-state index contributed by atoms with van der Waals surface area (Å²) in [7, 11) is 0. The van der Waals surface area contributed by atoms with Gasteiger partial charge in [0.15, 0.2) is 11.3 Å². The first-order chi connectivity index (χ1) is 10.3. The quantitative estimate of drug-likeness (QED) is 0.861. The van der Waals surface area contributed by atoms with E-state index in [0.717, 1.165) is 32.5 Å². The van der Waals surface area contributed by atoms with Gasteiger partial charge in [0, 0.05) is 37.4 Å². The van der Waals surface area contributed by atoms with Gasteiger partial charge in [-0.3, -0.25) is 4.79 Å². The van der Waals surface area contributed by atoms with E-state index in [2.05, 4.69) is 16.5 Å². The second kappa shape index (κ2) is 6.41. The third-order valence-electron chi connectivity index (χ3n) is 4.08. The van der Waals surface area contributed by atoms with Crippen LogP contribution in [0.3, 0.4) is 0 Å². The maximum atomic E-state index is 12.2. The molecule has 1 aromatic heterocycles. The number of carbonyl (C=O) groups is 1. The van der Waals surface area contributed by atoms with Crippen LogP contribution in [-0.2, 0) is 9.53 Å². The van der Waals surface area contributed by atoms with Gasteiger partial charge in [0.05, 0.1) is 5.92 Å². The smallest absolute Gasteiger partial charge is 0.231 e. The number of hydrogen-bond donors (Lipinski definition) is 1. The average Bonchev–Trinajstić information content (AvgIpc) is 3.17. The summed E-state index contributed by atoms with van der Waals surface area (Å²) in [5.74, 6) is 0.364. The minimum atomic E-state index is -0.111. The Balaban J connectivity index is 1.57. The predicted octanol–water partition coefficient (Wildman–Crippen LogP) is 1.78. The van der Waals surface area contributed by atoms with E-state index in [1.54, 1.807) is 16.2 Å². The molecule has 2 aliphatic heterocycles. The summed E-state index contributed by atoms with van der Waals surface area (Å²) >= 11 is 1.56. The molecule has 1 atom stereocenters. The molecule has 3 rings (SSSR count). The number of amides is 1. The molecular formula is C14H18N4O2S. The topological polar surface area (TPSA) is 78.3 Å². The number of thiazole rings is 1. The number of nitriles is 1. The van der Waals surface area contributed by atoms with Gasteiger partial charge in [-0.05, 0) is 25.2 Å². The molecule has 2 fully saturated rings. The van der Waals surface area contributed by atoms with Gasteiger partial charge in [0.2, 0.25) is 5.91 Å². The van der Waals surface area contributed by atoms with Gasteiger partial charge in [0.25, 0.3) is 0 Å². The molecule has 1 N–H and O–H groups in total. The third kappa shape index (κ3) is 3.34. The van der Waals surface area contributed by atoms with Crippen molar-refractivity contribution < 1.29 is 9.53 Å². The Bertz CT molecular complexity index is 547. The molecule has 0 spiro atoms. The summed E-state index contributed by atoms with van der Waals surface area (Å²) in [4.78, 5) is 19.3. The zero-order valence-corrected chi connectivity index (χ0v) is 12.6. The lowest BCUT2D eigenvalue weighted by atomic mass is 9.99. The minimum absolute atomic E-state index is 0.0272. The zero-order valence-electron chi connectivity index (χ0n) is 11.7. The van der Waals surface area contributed by atoms with Crippen LogP contribution in [0, 0.1) is 17.4 Å². The molecule has 1 amide bonds. The molecule has 0 aliphatic carbocycles. The van der Waals surface area contributed by atoms with Gasteiger partial charge in [-0.2, -0.15) is 5.26 Å². The Morgan fingerprint density at radius 1 is 1.48 bits per heavy atom. The molecule has 1 aromatic rings. The van der Waals surface area contributed by atoms with Crippen LogP contribution in [0.5, 0.6) is 0 Å². The van der Waals surface area contributed by atoms with Crippen LogP contribution >= 0.6 is 11.3 Å². The summed E-state index contributed by atoms with van der Waals surface area (Å²) in [6.45, 7) is 2.78. The zero-order chi connectivity index (χ0) is 14.7. The summed E-state index contributed by atoms with van der Waals surface area (Å²) in [5, 5.41) is 12.4. The highest BCUT2D eigenvalue weighted by atomic mass is 32.1. The molecule has 0 saturated carbocycles. The first kappa shape index (κ1) is 14.3. The van der Waals surface area contributed by atoms with Gasteiger partial charge in [-0.15, -0.1) is 11.3 Å². The molecule has 0 unspecified atom stereocenters. The van der Waals surface area contributed by atoms with E-state index in [1.807, 2.05) is 6.20 Å². The Hall–Kier alpha value is -1.65. The lowest BCUT2D eigenvalue weighted by Gasteiger charge is -2.20. The Morgan fingerprint density at radius 3 is 3.00 bits per heavy atom.